The van der Waals surface area contributed by atoms with E-state index < -0.39 is 0 Å². The van der Waals surface area contributed by atoms with Gasteiger partial charge >= 0.3 is 0 Å². The second-order valence-electron chi connectivity index (χ2n) is 6.14. The maximum absolute atomic E-state index is 5.73. The molecule has 0 amide bonds. The quantitative estimate of drug-likeness (QED) is 0.534. The van der Waals surface area contributed by atoms with Crippen LogP contribution in [-0.4, -0.2) is 16.6 Å². The summed E-state index contributed by atoms with van der Waals surface area (Å²) < 4.78 is 0. The van der Waals surface area contributed by atoms with Gasteiger partial charge in [0.05, 0.1) is 6.54 Å². The molecule has 2 heterocycles. The van der Waals surface area contributed by atoms with Crippen LogP contribution >= 0.6 is 34.9 Å². The van der Waals surface area contributed by atoms with E-state index in [1.807, 2.05) is 0 Å². The second kappa shape index (κ2) is 8.61. The zero-order valence-electron chi connectivity index (χ0n) is 14.5. The lowest BCUT2D eigenvalue weighted by atomic mass is 10.1. The van der Waals surface area contributed by atoms with Crippen LogP contribution in [0.25, 0.3) is 0 Å². The maximum Gasteiger partial charge on any atom is 0.173 e. The Hall–Kier alpha value is -1.69. The summed E-state index contributed by atoms with van der Waals surface area (Å²) in [6.45, 7) is 5.98. The number of thiophene rings is 2. The number of hydrogen-bond donors (Lipinski definition) is 1. The van der Waals surface area contributed by atoms with Gasteiger partial charge in [-0.25, -0.2) is 0 Å². The molecule has 130 valence electrons. The molecule has 0 radical (unpaired) electrons. The Kier molecular flexibility index (Phi) is 6.24. The first-order valence-corrected chi connectivity index (χ1v) is 10.5. The van der Waals surface area contributed by atoms with Crippen molar-refractivity contribution in [3.05, 3.63) is 74.1 Å². The normalized spacial score (nSPS) is 10.6. The van der Waals surface area contributed by atoms with Crippen LogP contribution in [-0.2, 0) is 13.0 Å². The highest BCUT2D eigenvalue weighted by atomic mass is 32.1. The Labute approximate surface area is 163 Å². The summed E-state index contributed by atoms with van der Waals surface area (Å²) in [6, 6.07) is 15.0. The molecule has 25 heavy (non-hydrogen) atoms. The molecule has 0 aliphatic rings. The lowest BCUT2D eigenvalue weighted by Crippen LogP contribution is -2.35. The minimum absolute atomic E-state index is 0.787. The van der Waals surface area contributed by atoms with Crippen molar-refractivity contribution in [2.75, 3.05) is 11.9 Å². The standard InChI is InChI=1S/C20H22N2S3/c1-15-11-16(2)13-17(12-15)21-20(23)22(14-19-6-4-10-25-19)8-7-18-5-3-9-24-18/h3-6,9-13H,7-8,14H2,1-2H3,(H,21,23). The van der Waals surface area contributed by atoms with E-state index >= 15 is 0 Å². The molecule has 2 aromatic heterocycles. The molecule has 0 aliphatic carbocycles. The second-order valence-corrected chi connectivity index (χ2v) is 8.59. The van der Waals surface area contributed by atoms with Gasteiger partial charge in [-0.15, -0.1) is 22.7 Å². The fourth-order valence-electron chi connectivity index (χ4n) is 2.79. The number of nitrogens with one attached hydrogen (secondary N) is 1. The van der Waals surface area contributed by atoms with Gasteiger partial charge in [0.15, 0.2) is 5.11 Å². The lowest BCUT2D eigenvalue weighted by Gasteiger charge is -2.25. The third-order valence-electron chi connectivity index (χ3n) is 3.90. The molecule has 3 aromatic rings. The molecule has 0 bridgehead atoms. The van der Waals surface area contributed by atoms with E-state index in [4.69, 9.17) is 12.2 Å². The van der Waals surface area contributed by atoms with Gasteiger partial charge in [-0.2, -0.15) is 0 Å². The molecule has 2 nitrogen and oxygen atoms in total. The molecule has 0 atom stereocenters. The predicted octanol–water partition coefficient (Wildman–Crippen LogP) is 5.87. The van der Waals surface area contributed by atoms with E-state index in [-0.39, 0.29) is 0 Å². The van der Waals surface area contributed by atoms with Crippen molar-refractivity contribution < 1.29 is 0 Å². The Morgan fingerprint density at radius 1 is 1.00 bits per heavy atom. The Balaban J connectivity index is 1.71. The summed E-state index contributed by atoms with van der Waals surface area (Å²) in [6.07, 6.45) is 1.01. The van der Waals surface area contributed by atoms with Crippen LogP contribution in [0.5, 0.6) is 0 Å². The summed E-state index contributed by atoms with van der Waals surface area (Å²) in [5.41, 5.74) is 3.55. The van der Waals surface area contributed by atoms with Gasteiger partial charge in [0.25, 0.3) is 0 Å². The third-order valence-corrected chi connectivity index (χ3v) is 6.05. The highest BCUT2D eigenvalue weighted by Gasteiger charge is 2.12. The first-order chi connectivity index (χ1) is 12.1. The van der Waals surface area contributed by atoms with Crippen LogP contribution in [0.1, 0.15) is 20.9 Å². The Bertz CT molecular complexity index is 787. The average Bonchev–Trinajstić information content (AvgIpc) is 3.24. The number of rotatable bonds is 6. The Morgan fingerprint density at radius 2 is 1.64 bits per heavy atom. The molecule has 0 saturated heterocycles. The molecule has 3 rings (SSSR count). The van der Waals surface area contributed by atoms with Gasteiger partial charge in [-0.1, -0.05) is 18.2 Å². The summed E-state index contributed by atoms with van der Waals surface area (Å²) in [4.78, 5) is 4.99. The minimum Gasteiger partial charge on any atom is -0.344 e. The van der Waals surface area contributed by atoms with Crippen molar-refractivity contribution in [3.63, 3.8) is 0 Å². The van der Waals surface area contributed by atoms with E-state index in [2.05, 4.69) is 77.3 Å². The molecular weight excluding hydrogens is 364 g/mol. The average molecular weight is 387 g/mol. The number of nitrogens with zero attached hydrogens (tertiary/aromatic N) is 1. The number of benzene rings is 1. The molecule has 0 aliphatic heterocycles. The first kappa shape index (κ1) is 18.1. The zero-order chi connectivity index (χ0) is 17.6. The number of hydrogen-bond acceptors (Lipinski definition) is 3. The molecule has 1 aromatic carbocycles. The van der Waals surface area contributed by atoms with Gasteiger partial charge in [0.1, 0.15) is 0 Å². The van der Waals surface area contributed by atoms with Gasteiger partial charge < -0.3 is 10.2 Å². The highest BCUT2D eigenvalue weighted by molar-refractivity contribution is 7.80. The van der Waals surface area contributed by atoms with Crippen molar-refractivity contribution in [2.45, 2.75) is 26.8 Å². The largest absolute Gasteiger partial charge is 0.344 e. The first-order valence-electron chi connectivity index (χ1n) is 8.29. The summed E-state index contributed by atoms with van der Waals surface area (Å²) in [5, 5.41) is 8.47. The van der Waals surface area contributed by atoms with E-state index in [1.165, 1.54) is 20.9 Å². The van der Waals surface area contributed by atoms with E-state index in [0.29, 0.717) is 0 Å². The van der Waals surface area contributed by atoms with Crippen LogP contribution in [0.4, 0.5) is 5.69 Å². The molecule has 1 N–H and O–H groups in total. The van der Waals surface area contributed by atoms with E-state index in [1.54, 1.807) is 22.7 Å². The van der Waals surface area contributed by atoms with Gasteiger partial charge in [0, 0.05) is 22.0 Å². The number of anilines is 1. The molecule has 5 heteroatoms. The monoisotopic (exact) mass is 386 g/mol. The van der Waals surface area contributed by atoms with Crippen LogP contribution in [0.2, 0.25) is 0 Å². The van der Waals surface area contributed by atoms with Crippen molar-refractivity contribution in [1.29, 1.82) is 0 Å². The van der Waals surface area contributed by atoms with Gasteiger partial charge in [-0.3, -0.25) is 0 Å². The van der Waals surface area contributed by atoms with Crippen molar-refractivity contribution in [3.8, 4) is 0 Å². The summed E-state index contributed by atoms with van der Waals surface area (Å²) in [5.74, 6) is 0. The molecular formula is C20H22N2S3. The van der Waals surface area contributed by atoms with Crippen LogP contribution in [0.3, 0.4) is 0 Å². The molecule has 0 spiro atoms. The smallest absolute Gasteiger partial charge is 0.173 e. The summed E-state index contributed by atoms with van der Waals surface area (Å²) in [7, 11) is 0. The fraction of sp³-hybridized carbons (Fsp3) is 0.250. The van der Waals surface area contributed by atoms with E-state index in [9.17, 15) is 0 Å². The molecule has 0 fully saturated rings. The SMILES string of the molecule is Cc1cc(C)cc(NC(=S)N(CCc2cccs2)Cc2cccs2)c1. The van der Waals surface area contributed by atoms with Crippen molar-refractivity contribution >= 4 is 45.7 Å². The summed E-state index contributed by atoms with van der Waals surface area (Å²) >= 11 is 9.32. The topological polar surface area (TPSA) is 15.3 Å². The maximum atomic E-state index is 5.73. The lowest BCUT2D eigenvalue weighted by molar-refractivity contribution is 0.428. The predicted molar refractivity (Wildman–Crippen MR) is 115 cm³/mol. The van der Waals surface area contributed by atoms with E-state index in [0.717, 1.165) is 30.3 Å². The van der Waals surface area contributed by atoms with Crippen molar-refractivity contribution in [1.82, 2.24) is 4.90 Å². The number of aryl methyl sites for hydroxylation is 2. The van der Waals surface area contributed by atoms with Gasteiger partial charge in [-0.05, 0) is 78.6 Å². The minimum atomic E-state index is 0.787. The zero-order valence-corrected chi connectivity index (χ0v) is 16.9. The van der Waals surface area contributed by atoms with Crippen LogP contribution in [0, 0.1) is 13.8 Å². The Morgan fingerprint density at radius 3 is 2.24 bits per heavy atom. The third kappa shape index (κ3) is 5.39. The van der Waals surface area contributed by atoms with Crippen LogP contribution in [0.15, 0.2) is 53.2 Å². The fourth-order valence-corrected chi connectivity index (χ4v) is 4.48. The van der Waals surface area contributed by atoms with Crippen molar-refractivity contribution in [2.24, 2.45) is 0 Å². The number of thiocarbonyl (C=S) groups is 1. The van der Waals surface area contributed by atoms with Crippen LogP contribution < -0.4 is 5.32 Å². The molecule has 0 saturated carbocycles. The highest BCUT2D eigenvalue weighted by Crippen LogP contribution is 2.18. The molecule has 0 unspecified atom stereocenters. The van der Waals surface area contributed by atoms with Gasteiger partial charge in [0.2, 0.25) is 0 Å².